The summed E-state index contributed by atoms with van der Waals surface area (Å²) >= 11 is 0. The highest BCUT2D eigenvalue weighted by atomic mass is 16.5. The van der Waals surface area contributed by atoms with Crippen LogP contribution in [-0.4, -0.2) is 21.3 Å². The van der Waals surface area contributed by atoms with Crippen molar-refractivity contribution in [2.24, 2.45) is 10.7 Å². The van der Waals surface area contributed by atoms with Gasteiger partial charge < -0.3 is 15.0 Å². The largest absolute Gasteiger partial charge is 0.457 e. The van der Waals surface area contributed by atoms with Crippen LogP contribution in [0.2, 0.25) is 0 Å². The summed E-state index contributed by atoms with van der Waals surface area (Å²) in [6, 6.07) is 19.4. The van der Waals surface area contributed by atoms with Gasteiger partial charge >= 0.3 is 0 Å². The molecular formula is C21H18N6O. The van der Waals surface area contributed by atoms with Crippen LogP contribution >= 0.6 is 0 Å². The number of nitrogens with zero attached hydrogens (tertiary/aromatic N) is 3. The van der Waals surface area contributed by atoms with E-state index in [2.05, 4.69) is 20.5 Å². The van der Waals surface area contributed by atoms with Crippen molar-refractivity contribution in [1.29, 1.82) is 0 Å². The molecule has 3 heterocycles. The molecule has 0 radical (unpaired) electrons. The van der Waals surface area contributed by atoms with E-state index in [4.69, 9.17) is 10.5 Å². The molecule has 0 bridgehead atoms. The number of aromatic nitrogens is 2. The molecule has 7 nitrogen and oxygen atoms in total. The third-order valence-corrected chi connectivity index (χ3v) is 4.72. The summed E-state index contributed by atoms with van der Waals surface area (Å²) in [4.78, 5) is 6.19. The first kappa shape index (κ1) is 16.3. The Bertz CT molecular complexity index is 1070. The molecule has 2 aliphatic heterocycles. The molecular weight excluding hydrogens is 352 g/mol. The minimum Gasteiger partial charge on any atom is -0.457 e. The molecule has 0 saturated heterocycles. The van der Waals surface area contributed by atoms with Gasteiger partial charge in [-0.05, 0) is 42.5 Å². The van der Waals surface area contributed by atoms with Gasteiger partial charge in [-0.15, -0.1) is 0 Å². The number of allylic oxidation sites excluding steroid dienone is 1. The van der Waals surface area contributed by atoms with E-state index in [0.717, 1.165) is 28.5 Å². The zero-order valence-electron chi connectivity index (χ0n) is 14.9. The second-order valence-electron chi connectivity index (χ2n) is 6.50. The molecule has 2 aromatic carbocycles. The summed E-state index contributed by atoms with van der Waals surface area (Å²) in [6.45, 7) is 0. The number of ether oxygens (including phenoxy) is 1. The molecule has 0 aliphatic carbocycles. The van der Waals surface area contributed by atoms with E-state index >= 15 is 0 Å². The van der Waals surface area contributed by atoms with Gasteiger partial charge in [0.25, 0.3) is 0 Å². The SMILES string of the molecule is NC1(c2cc[nH]n2)NC(c2ccc(Oc3ccccc3)cc2)=C2C=NC=CN21. The molecule has 7 heteroatoms. The molecule has 1 atom stereocenters. The average Bonchev–Trinajstić information content (AvgIpc) is 3.38. The van der Waals surface area contributed by atoms with Crippen molar-refractivity contribution in [3.63, 3.8) is 0 Å². The van der Waals surface area contributed by atoms with Gasteiger partial charge in [-0.2, -0.15) is 5.10 Å². The summed E-state index contributed by atoms with van der Waals surface area (Å²) in [5, 5.41) is 10.5. The normalized spacial score (nSPS) is 20.2. The van der Waals surface area contributed by atoms with Crippen LogP contribution in [0.5, 0.6) is 11.5 Å². The number of aromatic amines is 1. The lowest BCUT2D eigenvalue weighted by atomic mass is 10.1. The van der Waals surface area contributed by atoms with Crippen molar-refractivity contribution in [1.82, 2.24) is 20.4 Å². The van der Waals surface area contributed by atoms with E-state index < -0.39 is 5.79 Å². The topological polar surface area (TPSA) is 91.6 Å². The van der Waals surface area contributed by atoms with E-state index in [1.165, 1.54) is 0 Å². The molecule has 1 aromatic heterocycles. The number of aliphatic imine (C=N–C) groups is 1. The van der Waals surface area contributed by atoms with E-state index in [9.17, 15) is 0 Å². The Morgan fingerprint density at radius 2 is 1.75 bits per heavy atom. The second-order valence-corrected chi connectivity index (χ2v) is 6.50. The molecule has 0 saturated carbocycles. The molecule has 2 aliphatic rings. The molecule has 3 aromatic rings. The quantitative estimate of drug-likeness (QED) is 0.656. The summed E-state index contributed by atoms with van der Waals surface area (Å²) in [5.74, 6) is 0.567. The molecule has 0 amide bonds. The molecule has 28 heavy (non-hydrogen) atoms. The van der Waals surface area contributed by atoms with Crippen molar-refractivity contribution in [3.05, 3.63) is 96.2 Å². The van der Waals surface area contributed by atoms with Gasteiger partial charge in [0.2, 0.25) is 5.79 Å². The summed E-state index contributed by atoms with van der Waals surface area (Å²) in [5.41, 5.74) is 10.1. The number of H-pyrrole nitrogens is 1. The van der Waals surface area contributed by atoms with Gasteiger partial charge in [-0.25, -0.2) is 0 Å². The Morgan fingerprint density at radius 1 is 0.964 bits per heavy atom. The lowest BCUT2D eigenvalue weighted by molar-refractivity contribution is 0.195. The van der Waals surface area contributed by atoms with Gasteiger partial charge in [0.05, 0.1) is 17.6 Å². The van der Waals surface area contributed by atoms with E-state index in [1.54, 1.807) is 18.6 Å². The van der Waals surface area contributed by atoms with Crippen molar-refractivity contribution in [2.75, 3.05) is 0 Å². The van der Waals surface area contributed by atoms with E-state index in [-0.39, 0.29) is 0 Å². The van der Waals surface area contributed by atoms with Crippen molar-refractivity contribution in [3.8, 4) is 11.5 Å². The Hall–Kier alpha value is -3.84. The Kier molecular flexibility index (Phi) is 3.73. The maximum atomic E-state index is 6.69. The van der Waals surface area contributed by atoms with Gasteiger partial charge in [0.1, 0.15) is 17.2 Å². The zero-order chi connectivity index (χ0) is 19.0. The van der Waals surface area contributed by atoms with Crippen LogP contribution in [0.25, 0.3) is 5.70 Å². The second kappa shape index (κ2) is 6.40. The number of nitrogens with one attached hydrogen (secondary N) is 2. The van der Waals surface area contributed by atoms with E-state index in [0.29, 0.717) is 5.69 Å². The molecule has 0 spiro atoms. The maximum Gasteiger partial charge on any atom is 0.215 e. The van der Waals surface area contributed by atoms with Crippen LogP contribution in [0.1, 0.15) is 11.3 Å². The Morgan fingerprint density at radius 3 is 2.50 bits per heavy atom. The lowest BCUT2D eigenvalue weighted by Crippen LogP contribution is -2.55. The fourth-order valence-electron chi connectivity index (χ4n) is 3.36. The van der Waals surface area contributed by atoms with E-state index in [1.807, 2.05) is 71.8 Å². The van der Waals surface area contributed by atoms with Gasteiger partial charge in [0.15, 0.2) is 0 Å². The summed E-state index contributed by atoms with van der Waals surface area (Å²) < 4.78 is 5.88. The third-order valence-electron chi connectivity index (χ3n) is 4.72. The number of rotatable bonds is 4. The minimum atomic E-state index is -0.993. The Labute approximate surface area is 161 Å². The highest BCUT2D eigenvalue weighted by molar-refractivity contribution is 5.93. The van der Waals surface area contributed by atoms with Crippen LogP contribution < -0.4 is 15.8 Å². The third kappa shape index (κ3) is 2.65. The predicted octanol–water partition coefficient (Wildman–Crippen LogP) is 3.10. The van der Waals surface area contributed by atoms with Crippen LogP contribution in [-0.2, 0) is 5.79 Å². The molecule has 0 fully saturated rings. The number of hydrogen-bond donors (Lipinski definition) is 3. The average molecular weight is 370 g/mol. The Balaban J connectivity index is 1.47. The summed E-state index contributed by atoms with van der Waals surface area (Å²) in [7, 11) is 0. The van der Waals surface area contributed by atoms with Crippen LogP contribution in [0.15, 0.2) is 89.9 Å². The maximum absolute atomic E-state index is 6.69. The van der Waals surface area contributed by atoms with Gasteiger partial charge in [-0.3, -0.25) is 15.8 Å². The number of nitrogens with two attached hydrogens (primary N) is 1. The number of para-hydroxylation sites is 1. The fraction of sp³-hybridized carbons (Fsp3) is 0.0476. The molecule has 138 valence electrons. The first-order valence-electron chi connectivity index (χ1n) is 8.88. The fourth-order valence-corrected chi connectivity index (χ4v) is 3.36. The van der Waals surface area contributed by atoms with Crippen molar-refractivity contribution >= 4 is 11.9 Å². The monoisotopic (exact) mass is 370 g/mol. The lowest BCUT2D eigenvalue weighted by Gasteiger charge is -2.34. The van der Waals surface area contributed by atoms with Crippen LogP contribution in [0, 0.1) is 0 Å². The number of fused-ring (bicyclic) bond motifs is 1. The van der Waals surface area contributed by atoms with Gasteiger partial charge in [0, 0.05) is 24.2 Å². The molecule has 4 N–H and O–H groups in total. The highest BCUT2D eigenvalue weighted by Crippen LogP contribution is 2.37. The van der Waals surface area contributed by atoms with Crippen LogP contribution in [0.3, 0.4) is 0 Å². The van der Waals surface area contributed by atoms with Crippen LogP contribution in [0.4, 0.5) is 0 Å². The van der Waals surface area contributed by atoms with Crippen molar-refractivity contribution in [2.45, 2.75) is 5.79 Å². The predicted molar refractivity (Wildman–Crippen MR) is 107 cm³/mol. The standard InChI is InChI=1S/C21H18N6O/c22-21(19-10-11-24-26-19)25-20(18-14-23-12-13-27(18)21)15-6-8-17(9-7-15)28-16-4-2-1-3-5-16/h1-14,25H,22H2,(H,24,26). The molecule has 1 unspecified atom stereocenters. The van der Waals surface area contributed by atoms with Gasteiger partial charge in [-0.1, -0.05) is 18.2 Å². The van der Waals surface area contributed by atoms with Crippen molar-refractivity contribution < 1.29 is 4.74 Å². The number of hydrogen-bond acceptors (Lipinski definition) is 6. The molecule has 5 rings (SSSR count). The first-order chi connectivity index (χ1) is 13.7. The highest BCUT2D eigenvalue weighted by Gasteiger charge is 2.44. The zero-order valence-corrected chi connectivity index (χ0v) is 14.9. The minimum absolute atomic E-state index is 0.684. The smallest absolute Gasteiger partial charge is 0.215 e. The first-order valence-corrected chi connectivity index (χ1v) is 8.88. The summed E-state index contributed by atoms with van der Waals surface area (Å²) in [6.07, 6.45) is 7.09. The number of benzene rings is 2.